The predicted octanol–water partition coefficient (Wildman–Crippen LogP) is 2.07. The van der Waals surface area contributed by atoms with Crippen LogP contribution < -0.4 is 15.4 Å². The number of rotatable bonds is 3. The molecule has 1 aromatic carbocycles. The van der Waals surface area contributed by atoms with Crippen molar-refractivity contribution >= 4 is 11.6 Å². The van der Waals surface area contributed by atoms with E-state index in [0.29, 0.717) is 18.0 Å². The number of nitrogens with zero attached hydrogens (tertiary/aromatic N) is 1. The van der Waals surface area contributed by atoms with Gasteiger partial charge in [0.1, 0.15) is 11.6 Å². The van der Waals surface area contributed by atoms with Crippen LogP contribution in [0, 0.1) is 5.82 Å². The Balaban J connectivity index is 2.44. The molecule has 0 radical (unpaired) electrons. The highest BCUT2D eigenvalue weighted by Crippen LogP contribution is 2.38. The smallest absolute Gasteiger partial charge is 0.270 e. The minimum absolute atomic E-state index is 0.144. The van der Waals surface area contributed by atoms with Crippen molar-refractivity contribution in [1.29, 1.82) is 0 Å². The number of benzene rings is 1. The molecule has 19 heavy (non-hydrogen) atoms. The minimum atomic E-state index is -0.960. The van der Waals surface area contributed by atoms with E-state index in [4.69, 9.17) is 10.5 Å². The van der Waals surface area contributed by atoms with Crippen LogP contribution in [0.25, 0.3) is 0 Å². The van der Waals surface area contributed by atoms with Crippen LogP contribution in [0.15, 0.2) is 18.2 Å². The van der Waals surface area contributed by atoms with Crippen LogP contribution >= 0.6 is 0 Å². The molecule has 1 amide bonds. The summed E-state index contributed by atoms with van der Waals surface area (Å²) in [5.41, 5.74) is 5.41. The van der Waals surface area contributed by atoms with E-state index in [0.717, 1.165) is 6.42 Å². The van der Waals surface area contributed by atoms with E-state index in [1.54, 1.807) is 19.9 Å². The van der Waals surface area contributed by atoms with Gasteiger partial charge in [0.05, 0.1) is 5.69 Å². The van der Waals surface area contributed by atoms with Crippen LogP contribution in [0.3, 0.4) is 0 Å². The molecule has 1 aliphatic heterocycles. The summed E-state index contributed by atoms with van der Waals surface area (Å²) in [5.74, 6) is -0.0891. The molecule has 1 aliphatic rings. The summed E-state index contributed by atoms with van der Waals surface area (Å²) in [7, 11) is 0. The van der Waals surface area contributed by atoms with Crippen LogP contribution in [-0.2, 0) is 4.79 Å². The van der Waals surface area contributed by atoms with Gasteiger partial charge in [0, 0.05) is 18.7 Å². The summed E-state index contributed by atoms with van der Waals surface area (Å²) in [4.78, 5) is 13.9. The predicted molar refractivity (Wildman–Crippen MR) is 71.7 cm³/mol. The molecular formula is C14H19FN2O2. The fraction of sp³-hybridized carbons (Fsp3) is 0.500. The van der Waals surface area contributed by atoms with Crippen molar-refractivity contribution < 1.29 is 13.9 Å². The number of nitrogens with two attached hydrogens (primary N) is 1. The highest BCUT2D eigenvalue weighted by Gasteiger charge is 2.41. The van der Waals surface area contributed by atoms with E-state index < -0.39 is 11.4 Å². The minimum Gasteiger partial charge on any atom is -0.476 e. The number of ether oxygens (including phenoxy) is 1. The summed E-state index contributed by atoms with van der Waals surface area (Å²) in [6.45, 7) is 5.71. The van der Waals surface area contributed by atoms with Crippen molar-refractivity contribution in [3.63, 3.8) is 0 Å². The van der Waals surface area contributed by atoms with E-state index in [1.807, 2.05) is 6.92 Å². The Morgan fingerprint density at radius 2 is 2.16 bits per heavy atom. The Hall–Kier alpha value is -1.62. The molecular weight excluding hydrogens is 247 g/mol. The first-order valence-corrected chi connectivity index (χ1v) is 6.41. The molecule has 0 aromatic heterocycles. The highest BCUT2D eigenvalue weighted by molar-refractivity contribution is 6.02. The SMILES string of the molecule is CCC(N)CN1C(=O)C(C)(C)Oc2ccc(F)cc21. The quantitative estimate of drug-likeness (QED) is 0.911. The van der Waals surface area contributed by atoms with Crippen LogP contribution in [0.4, 0.5) is 10.1 Å². The lowest BCUT2D eigenvalue weighted by Crippen LogP contribution is -2.55. The first-order chi connectivity index (χ1) is 8.85. The van der Waals surface area contributed by atoms with Crippen molar-refractivity contribution in [2.24, 2.45) is 5.73 Å². The van der Waals surface area contributed by atoms with E-state index in [1.165, 1.54) is 17.0 Å². The van der Waals surface area contributed by atoms with Crippen molar-refractivity contribution in [3.8, 4) is 5.75 Å². The molecule has 0 saturated carbocycles. The third kappa shape index (κ3) is 2.56. The molecule has 1 unspecified atom stereocenters. The Morgan fingerprint density at radius 3 is 2.79 bits per heavy atom. The van der Waals surface area contributed by atoms with Crippen LogP contribution in [0.5, 0.6) is 5.75 Å². The van der Waals surface area contributed by atoms with Gasteiger partial charge in [0.25, 0.3) is 5.91 Å². The fourth-order valence-corrected chi connectivity index (χ4v) is 2.09. The van der Waals surface area contributed by atoms with Gasteiger partial charge in [0.2, 0.25) is 0 Å². The molecule has 0 spiro atoms. The molecule has 1 aromatic rings. The Labute approximate surface area is 112 Å². The van der Waals surface area contributed by atoms with Crippen molar-refractivity contribution in [3.05, 3.63) is 24.0 Å². The molecule has 4 nitrogen and oxygen atoms in total. The zero-order valence-electron chi connectivity index (χ0n) is 11.4. The molecule has 104 valence electrons. The van der Waals surface area contributed by atoms with E-state index in [2.05, 4.69) is 0 Å². The largest absolute Gasteiger partial charge is 0.476 e. The standard InChI is InChI=1S/C14H19FN2O2/c1-4-10(16)8-17-11-7-9(15)5-6-12(11)19-14(2,3)13(17)18/h5-7,10H,4,8,16H2,1-3H3. The Morgan fingerprint density at radius 1 is 1.47 bits per heavy atom. The monoisotopic (exact) mass is 266 g/mol. The molecule has 0 bridgehead atoms. The van der Waals surface area contributed by atoms with Gasteiger partial charge in [-0.15, -0.1) is 0 Å². The van der Waals surface area contributed by atoms with Crippen LogP contribution in [-0.4, -0.2) is 24.1 Å². The molecule has 0 fully saturated rings. The topological polar surface area (TPSA) is 55.6 Å². The van der Waals surface area contributed by atoms with E-state index >= 15 is 0 Å². The highest BCUT2D eigenvalue weighted by atomic mass is 19.1. The number of halogens is 1. The van der Waals surface area contributed by atoms with E-state index in [9.17, 15) is 9.18 Å². The molecule has 2 rings (SSSR count). The Kier molecular flexibility index (Phi) is 3.49. The average molecular weight is 266 g/mol. The average Bonchev–Trinajstić information content (AvgIpc) is 2.35. The zero-order valence-corrected chi connectivity index (χ0v) is 11.4. The number of hydrogen-bond acceptors (Lipinski definition) is 3. The lowest BCUT2D eigenvalue weighted by Gasteiger charge is -2.39. The van der Waals surface area contributed by atoms with Gasteiger partial charge in [-0.2, -0.15) is 0 Å². The maximum Gasteiger partial charge on any atom is 0.270 e. The number of amides is 1. The van der Waals surface area contributed by atoms with Gasteiger partial charge in [-0.3, -0.25) is 4.79 Å². The first-order valence-electron chi connectivity index (χ1n) is 6.41. The maximum atomic E-state index is 13.4. The second-order valence-electron chi connectivity index (χ2n) is 5.31. The number of carbonyl (C=O) groups excluding carboxylic acids is 1. The van der Waals surface area contributed by atoms with Gasteiger partial charge < -0.3 is 15.4 Å². The van der Waals surface area contributed by atoms with Crippen molar-refractivity contribution in [2.45, 2.75) is 38.8 Å². The molecule has 0 saturated heterocycles. The third-order valence-electron chi connectivity index (χ3n) is 3.28. The summed E-state index contributed by atoms with van der Waals surface area (Å²) in [6, 6.07) is 4.03. The number of carbonyl (C=O) groups is 1. The van der Waals surface area contributed by atoms with Crippen LogP contribution in [0.1, 0.15) is 27.2 Å². The molecule has 5 heteroatoms. The van der Waals surface area contributed by atoms with Crippen LogP contribution in [0.2, 0.25) is 0 Å². The normalized spacial score (nSPS) is 18.8. The lowest BCUT2D eigenvalue weighted by molar-refractivity contribution is -0.132. The first kappa shape index (κ1) is 13.8. The summed E-state index contributed by atoms with van der Waals surface area (Å²) >= 11 is 0. The number of hydrogen-bond donors (Lipinski definition) is 1. The summed E-state index contributed by atoms with van der Waals surface area (Å²) in [6.07, 6.45) is 0.746. The zero-order chi connectivity index (χ0) is 14.2. The van der Waals surface area contributed by atoms with Gasteiger partial charge >= 0.3 is 0 Å². The molecule has 0 aliphatic carbocycles. The Bertz CT molecular complexity index is 502. The summed E-state index contributed by atoms with van der Waals surface area (Å²) in [5, 5.41) is 0. The van der Waals surface area contributed by atoms with Gasteiger partial charge in [-0.25, -0.2) is 4.39 Å². The number of fused-ring (bicyclic) bond motifs is 1. The molecule has 1 heterocycles. The second-order valence-corrected chi connectivity index (χ2v) is 5.31. The van der Waals surface area contributed by atoms with E-state index in [-0.39, 0.29) is 11.9 Å². The van der Waals surface area contributed by atoms with Crippen molar-refractivity contribution in [2.75, 3.05) is 11.4 Å². The second kappa shape index (κ2) is 4.81. The lowest BCUT2D eigenvalue weighted by atomic mass is 10.0. The molecule has 1 atom stereocenters. The number of anilines is 1. The van der Waals surface area contributed by atoms with Crippen molar-refractivity contribution in [1.82, 2.24) is 0 Å². The fourth-order valence-electron chi connectivity index (χ4n) is 2.09. The maximum absolute atomic E-state index is 13.4. The van der Waals surface area contributed by atoms with Gasteiger partial charge in [0.15, 0.2) is 5.60 Å². The third-order valence-corrected chi connectivity index (χ3v) is 3.28. The van der Waals surface area contributed by atoms with Gasteiger partial charge in [-0.05, 0) is 32.4 Å². The van der Waals surface area contributed by atoms with Gasteiger partial charge in [-0.1, -0.05) is 6.92 Å². The summed E-state index contributed by atoms with van der Waals surface area (Å²) < 4.78 is 19.0. The molecule has 2 N–H and O–H groups in total.